The molecule has 1 aliphatic rings. The van der Waals surface area contributed by atoms with Gasteiger partial charge in [-0.05, 0) is 25.2 Å². The third kappa shape index (κ3) is 2.16. The second kappa shape index (κ2) is 4.37. The summed E-state index contributed by atoms with van der Waals surface area (Å²) in [4.78, 5) is 19.1. The number of hydrogen-bond acceptors (Lipinski definition) is 3. The largest absolute Gasteiger partial charge is 0.476 e. The zero-order chi connectivity index (χ0) is 11.7. The van der Waals surface area contributed by atoms with Gasteiger partial charge < -0.3 is 5.11 Å². The maximum absolute atomic E-state index is 10.9. The lowest BCUT2D eigenvalue weighted by atomic mass is 10.1. The molecule has 86 valence electrons. The van der Waals surface area contributed by atoms with Crippen LogP contribution in [0.15, 0.2) is 6.20 Å². The van der Waals surface area contributed by atoms with Crippen LogP contribution in [0.1, 0.15) is 48.4 Å². The molecule has 0 aliphatic heterocycles. The van der Waals surface area contributed by atoms with Crippen molar-refractivity contribution < 1.29 is 9.90 Å². The molecule has 1 aliphatic carbocycles. The van der Waals surface area contributed by atoms with Crippen LogP contribution in [0.25, 0.3) is 0 Å². The summed E-state index contributed by atoms with van der Waals surface area (Å²) in [6, 6.07) is 0. The first-order valence-corrected chi connectivity index (χ1v) is 5.71. The van der Waals surface area contributed by atoms with Crippen molar-refractivity contribution in [3.8, 4) is 0 Å². The summed E-state index contributed by atoms with van der Waals surface area (Å²) in [5.41, 5.74) is -0.0915. The molecular formula is C11H13ClN2O2. The van der Waals surface area contributed by atoms with Gasteiger partial charge in [0.25, 0.3) is 0 Å². The first kappa shape index (κ1) is 11.3. The first-order valence-electron chi connectivity index (χ1n) is 5.33. The van der Waals surface area contributed by atoms with E-state index < -0.39 is 5.97 Å². The van der Waals surface area contributed by atoms with E-state index in [2.05, 4.69) is 16.9 Å². The van der Waals surface area contributed by atoms with E-state index in [9.17, 15) is 4.79 Å². The molecule has 1 aromatic heterocycles. The topological polar surface area (TPSA) is 63.1 Å². The molecule has 1 N–H and O–H groups in total. The van der Waals surface area contributed by atoms with Crippen LogP contribution >= 0.6 is 11.6 Å². The van der Waals surface area contributed by atoms with Crippen LogP contribution < -0.4 is 0 Å². The van der Waals surface area contributed by atoms with Gasteiger partial charge in [-0.25, -0.2) is 14.8 Å². The second-order valence-corrected chi connectivity index (χ2v) is 4.75. The molecule has 0 saturated heterocycles. The van der Waals surface area contributed by atoms with Gasteiger partial charge in [-0.15, -0.1) is 0 Å². The van der Waals surface area contributed by atoms with Gasteiger partial charge in [-0.3, -0.25) is 0 Å². The Kier molecular flexibility index (Phi) is 3.10. The molecule has 0 amide bonds. The Balaban J connectivity index is 2.29. The Morgan fingerprint density at radius 1 is 1.56 bits per heavy atom. The highest BCUT2D eigenvalue weighted by Crippen LogP contribution is 2.36. The molecule has 1 aromatic rings. The van der Waals surface area contributed by atoms with E-state index in [1.165, 1.54) is 6.20 Å². The Labute approximate surface area is 98.7 Å². The minimum atomic E-state index is -1.10. The third-order valence-corrected chi connectivity index (χ3v) is 3.30. The Hall–Kier alpha value is -1.16. The van der Waals surface area contributed by atoms with Gasteiger partial charge in [-0.2, -0.15) is 0 Å². The molecule has 0 bridgehead atoms. The van der Waals surface area contributed by atoms with Crippen molar-refractivity contribution in [1.82, 2.24) is 9.97 Å². The van der Waals surface area contributed by atoms with Gasteiger partial charge in [0.2, 0.25) is 0 Å². The van der Waals surface area contributed by atoms with E-state index in [1.54, 1.807) is 0 Å². The van der Waals surface area contributed by atoms with E-state index >= 15 is 0 Å². The SMILES string of the molecule is CC1CCC(c2ncc(Cl)c(C(=O)O)n2)C1. The molecule has 2 rings (SSSR count). The van der Waals surface area contributed by atoms with Crippen molar-refractivity contribution >= 4 is 17.6 Å². The Morgan fingerprint density at radius 3 is 2.88 bits per heavy atom. The van der Waals surface area contributed by atoms with Gasteiger partial charge in [0.05, 0.1) is 11.2 Å². The van der Waals surface area contributed by atoms with E-state index in [0.29, 0.717) is 11.7 Å². The minimum Gasteiger partial charge on any atom is -0.476 e. The monoisotopic (exact) mass is 240 g/mol. The smallest absolute Gasteiger partial charge is 0.356 e. The van der Waals surface area contributed by atoms with Gasteiger partial charge in [0.1, 0.15) is 5.82 Å². The van der Waals surface area contributed by atoms with Crippen LogP contribution in [-0.2, 0) is 0 Å². The molecule has 4 nitrogen and oxygen atoms in total. The van der Waals surface area contributed by atoms with E-state index in [-0.39, 0.29) is 16.6 Å². The highest BCUT2D eigenvalue weighted by Gasteiger charge is 2.26. The predicted molar refractivity (Wildman–Crippen MR) is 59.8 cm³/mol. The molecule has 5 heteroatoms. The summed E-state index contributed by atoms with van der Waals surface area (Å²) in [5.74, 6) is 0.466. The summed E-state index contributed by atoms with van der Waals surface area (Å²) in [6.45, 7) is 2.19. The molecule has 16 heavy (non-hydrogen) atoms. The number of halogens is 1. The fourth-order valence-electron chi connectivity index (χ4n) is 2.17. The molecule has 0 radical (unpaired) electrons. The maximum atomic E-state index is 10.9. The van der Waals surface area contributed by atoms with Crippen LogP contribution in [0, 0.1) is 5.92 Å². The summed E-state index contributed by atoms with van der Waals surface area (Å²) >= 11 is 5.72. The lowest BCUT2D eigenvalue weighted by molar-refractivity contribution is 0.0690. The number of carboxylic acids is 1. The van der Waals surface area contributed by atoms with Gasteiger partial charge in [-0.1, -0.05) is 18.5 Å². The minimum absolute atomic E-state index is 0.0915. The molecule has 1 saturated carbocycles. The van der Waals surface area contributed by atoms with E-state index in [1.807, 2.05) is 0 Å². The van der Waals surface area contributed by atoms with E-state index in [0.717, 1.165) is 19.3 Å². The Morgan fingerprint density at radius 2 is 2.31 bits per heavy atom. The lowest BCUT2D eigenvalue weighted by Gasteiger charge is -2.08. The molecule has 2 unspecified atom stereocenters. The molecule has 0 aromatic carbocycles. The molecule has 1 heterocycles. The number of rotatable bonds is 2. The highest BCUT2D eigenvalue weighted by molar-refractivity contribution is 6.33. The van der Waals surface area contributed by atoms with Crippen molar-refractivity contribution in [1.29, 1.82) is 0 Å². The summed E-state index contributed by atoms with van der Waals surface area (Å²) in [5, 5.41) is 9.01. The van der Waals surface area contributed by atoms with E-state index in [4.69, 9.17) is 16.7 Å². The number of nitrogens with zero attached hydrogens (tertiary/aromatic N) is 2. The van der Waals surface area contributed by atoms with Gasteiger partial charge in [0.15, 0.2) is 5.69 Å². The van der Waals surface area contributed by atoms with Crippen molar-refractivity contribution in [2.24, 2.45) is 5.92 Å². The van der Waals surface area contributed by atoms with Crippen LogP contribution in [0.3, 0.4) is 0 Å². The summed E-state index contributed by atoms with van der Waals surface area (Å²) in [7, 11) is 0. The fraction of sp³-hybridized carbons (Fsp3) is 0.545. The lowest BCUT2D eigenvalue weighted by Crippen LogP contribution is -2.08. The van der Waals surface area contributed by atoms with Crippen molar-refractivity contribution in [3.05, 3.63) is 22.7 Å². The summed E-state index contributed by atoms with van der Waals surface area (Å²) < 4.78 is 0. The van der Waals surface area contributed by atoms with Crippen molar-refractivity contribution in [2.45, 2.75) is 32.1 Å². The third-order valence-electron chi connectivity index (χ3n) is 3.03. The fourth-order valence-corrected chi connectivity index (χ4v) is 2.34. The molecular weight excluding hydrogens is 228 g/mol. The molecule has 0 spiro atoms. The standard InChI is InChI=1S/C11H13ClN2O2/c1-6-2-3-7(4-6)10-13-5-8(12)9(14-10)11(15)16/h5-7H,2-4H2,1H3,(H,15,16). The van der Waals surface area contributed by atoms with Crippen LogP contribution in [0.5, 0.6) is 0 Å². The highest BCUT2D eigenvalue weighted by atomic mass is 35.5. The zero-order valence-corrected chi connectivity index (χ0v) is 9.74. The Bertz CT molecular complexity index is 422. The molecule has 2 atom stereocenters. The normalized spacial score (nSPS) is 24.6. The van der Waals surface area contributed by atoms with Crippen molar-refractivity contribution in [3.63, 3.8) is 0 Å². The quantitative estimate of drug-likeness (QED) is 0.863. The first-order chi connectivity index (χ1) is 7.58. The van der Waals surface area contributed by atoms with Crippen LogP contribution in [0.4, 0.5) is 0 Å². The number of carboxylic acid groups (broad SMARTS) is 1. The van der Waals surface area contributed by atoms with Crippen molar-refractivity contribution in [2.75, 3.05) is 0 Å². The molecule has 1 fully saturated rings. The van der Waals surface area contributed by atoms with Gasteiger partial charge in [0, 0.05) is 5.92 Å². The number of aromatic carboxylic acids is 1. The average molecular weight is 241 g/mol. The van der Waals surface area contributed by atoms with Gasteiger partial charge >= 0.3 is 5.97 Å². The maximum Gasteiger partial charge on any atom is 0.356 e. The second-order valence-electron chi connectivity index (χ2n) is 4.35. The zero-order valence-electron chi connectivity index (χ0n) is 8.98. The van der Waals surface area contributed by atoms with Crippen LogP contribution in [0.2, 0.25) is 5.02 Å². The van der Waals surface area contributed by atoms with Crippen LogP contribution in [-0.4, -0.2) is 21.0 Å². The number of hydrogen-bond donors (Lipinski definition) is 1. The average Bonchev–Trinajstić information content (AvgIpc) is 2.65. The predicted octanol–water partition coefficient (Wildman–Crippen LogP) is 2.73. The number of aromatic nitrogens is 2. The summed E-state index contributed by atoms with van der Waals surface area (Å²) in [6.07, 6.45) is 4.60. The number of carbonyl (C=O) groups is 1.